The van der Waals surface area contributed by atoms with Crippen molar-refractivity contribution in [3.05, 3.63) is 29.6 Å². The van der Waals surface area contributed by atoms with Gasteiger partial charge in [-0.05, 0) is 24.5 Å². The molecule has 0 fully saturated rings. The Morgan fingerprint density at radius 2 is 2.25 bits per heavy atom. The van der Waals surface area contributed by atoms with Crippen LogP contribution in [0.1, 0.15) is 36.9 Å². The largest absolute Gasteiger partial charge is 0.379 e. The average Bonchev–Trinajstić information content (AvgIpc) is 2.29. The Morgan fingerprint density at radius 1 is 1.50 bits per heavy atom. The quantitative estimate of drug-likeness (QED) is 0.569. The molecule has 0 spiro atoms. The summed E-state index contributed by atoms with van der Waals surface area (Å²) in [6.45, 7) is 4.15. The number of ether oxygens (including phenoxy) is 1. The maximum Gasteiger partial charge on any atom is 0.0779 e. The fourth-order valence-electron chi connectivity index (χ4n) is 1.87. The summed E-state index contributed by atoms with van der Waals surface area (Å²) in [7, 11) is 1.72. The molecule has 1 heterocycles. The molecule has 0 aliphatic heterocycles. The molecule has 0 saturated heterocycles. The van der Waals surface area contributed by atoms with E-state index in [1.54, 1.807) is 7.11 Å². The van der Waals surface area contributed by atoms with Crippen molar-refractivity contribution in [3.8, 4) is 0 Å². The van der Waals surface area contributed by atoms with Crippen LogP contribution in [-0.4, -0.2) is 18.2 Å². The van der Waals surface area contributed by atoms with Gasteiger partial charge in [0, 0.05) is 19.5 Å². The number of hydrogen-bond donors (Lipinski definition) is 2. The summed E-state index contributed by atoms with van der Waals surface area (Å²) in [5.41, 5.74) is 5.02. The molecule has 4 nitrogen and oxygen atoms in total. The zero-order valence-corrected chi connectivity index (χ0v) is 10.2. The molecule has 2 unspecified atom stereocenters. The van der Waals surface area contributed by atoms with Gasteiger partial charge in [0.2, 0.25) is 0 Å². The van der Waals surface area contributed by atoms with E-state index in [2.05, 4.69) is 23.4 Å². The van der Waals surface area contributed by atoms with Crippen LogP contribution in [0.3, 0.4) is 0 Å². The Hall–Kier alpha value is -0.970. The van der Waals surface area contributed by atoms with Crippen LogP contribution >= 0.6 is 0 Å². The standard InChI is InChI=1S/C12H21N3O/c1-4-5-11(16-3)12(15-13)10-6-9(2)7-14-8-10/h6-8,11-12,15H,4-5,13H2,1-3H3. The summed E-state index contributed by atoms with van der Waals surface area (Å²) in [6.07, 6.45) is 5.78. The Balaban J connectivity index is 2.87. The SMILES string of the molecule is CCCC(OC)C(NN)c1cncc(C)c1. The van der Waals surface area contributed by atoms with Crippen LogP contribution < -0.4 is 11.3 Å². The van der Waals surface area contributed by atoms with Gasteiger partial charge in [0.25, 0.3) is 0 Å². The minimum atomic E-state index is -0.00245. The number of rotatable bonds is 6. The molecule has 0 aromatic carbocycles. The molecule has 90 valence electrons. The van der Waals surface area contributed by atoms with Gasteiger partial charge >= 0.3 is 0 Å². The molecule has 1 aromatic heterocycles. The van der Waals surface area contributed by atoms with Gasteiger partial charge in [-0.25, -0.2) is 0 Å². The van der Waals surface area contributed by atoms with E-state index in [4.69, 9.17) is 10.6 Å². The first kappa shape index (κ1) is 13.1. The Morgan fingerprint density at radius 3 is 2.75 bits per heavy atom. The minimum Gasteiger partial charge on any atom is -0.379 e. The number of nitrogens with two attached hydrogens (primary N) is 1. The van der Waals surface area contributed by atoms with Crippen LogP contribution in [0.25, 0.3) is 0 Å². The fourth-order valence-corrected chi connectivity index (χ4v) is 1.87. The molecule has 1 aromatic rings. The summed E-state index contributed by atoms with van der Waals surface area (Å²) >= 11 is 0. The van der Waals surface area contributed by atoms with Gasteiger partial charge in [-0.3, -0.25) is 16.3 Å². The summed E-state index contributed by atoms with van der Waals surface area (Å²) in [4.78, 5) is 4.18. The zero-order chi connectivity index (χ0) is 12.0. The van der Waals surface area contributed by atoms with Gasteiger partial charge in [0.1, 0.15) is 0 Å². The first-order chi connectivity index (χ1) is 7.72. The normalized spacial score (nSPS) is 14.8. The number of pyridine rings is 1. The molecule has 2 atom stereocenters. The van der Waals surface area contributed by atoms with E-state index in [0.717, 1.165) is 24.0 Å². The highest BCUT2D eigenvalue weighted by molar-refractivity contribution is 5.21. The van der Waals surface area contributed by atoms with Crippen molar-refractivity contribution in [3.63, 3.8) is 0 Å². The van der Waals surface area contributed by atoms with Gasteiger partial charge in [0.15, 0.2) is 0 Å². The van der Waals surface area contributed by atoms with E-state index < -0.39 is 0 Å². The highest BCUT2D eigenvalue weighted by Gasteiger charge is 2.21. The lowest BCUT2D eigenvalue weighted by Gasteiger charge is -2.25. The van der Waals surface area contributed by atoms with Crippen LogP contribution in [0.4, 0.5) is 0 Å². The lowest BCUT2D eigenvalue weighted by atomic mass is 9.99. The molecule has 0 saturated carbocycles. The van der Waals surface area contributed by atoms with E-state index in [1.165, 1.54) is 0 Å². The number of nitrogens with zero attached hydrogens (tertiary/aromatic N) is 1. The van der Waals surface area contributed by atoms with Crippen molar-refractivity contribution in [2.45, 2.75) is 38.8 Å². The predicted molar refractivity (Wildman–Crippen MR) is 64.7 cm³/mol. The molecule has 4 heteroatoms. The third-order valence-electron chi connectivity index (χ3n) is 2.68. The molecule has 0 amide bonds. The Bertz CT molecular complexity index is 317. The Labute approximate surface area is 97.2 Å². The molecule has 0 bridgehead atoms. The molecule has 0 radical (unpaired) electrons. The average molecular weight is 223 g/mol. The second-order valence-corrected chi connectivity index (χ2v) is 4.00. The highest BCUT2D eigenvalue weighted by atomic mass is 16.5. The van der Waals surface area contributed by atoms with Crippen LogP contribution in [0.15, 0.2) is 18.5 Å². The van der Waals surface area contributed by atoms with Crippen LogP contribution in [0.5, 0.6) is 0 Å². The molecular formula is C12H21N3O. The number of hydrazine groups is 1. The highest BCUT2D eigenvalue weighted by Crippen LogP contribution is 2.21. The zero-order valence-electron chi connectivity index (χ0n) is 10.2. The Kier molecular flexibility index (Phi) is 5.38. The molecule has 0 aliphatic rings. The number of hydrogen-bond acceptors (Lipinski definition) is 4. The van der Waals surface area contributed by atoms with Crippen molar-refractivity contribution in [2.24, 2.45) is 5.84 Å². The third kappa shape index (κ3) is 3.27. The number of nitrogens with one attached hydrogen (secondary N) is 1. The van der Waals surface area contributed by atoms with Crippen molar-refractivity contribution in [1.82, 2.24) is 10.4 Å². The summed E-state index contributed by atoms with van der Waals surface area (Å²) < 4.78 is 5.47. The predicted octanol–water partition coefficient (Wildman–Crippen LogP) is 1.71. The van der Waals surface area contributed by atoms with Crippen molar-refractivity contribution < 1.29 is 4.74 Å². The van der Waals surface area contributed by atoms with Crippen molar-refractivity contribution in [1.29, 1.82) is 0 Å². The number of aryl methyl sites for hydroxylation is 1. The first-order valence-corrected chi connectivity index (χ1v) is 5.63. The molecule has 3 N–H and O–H groups in total. The fraction of sp³-hybridized carbons (Fsp3) is 0.583. The molecule has 0 aliphatic carbocycles. The number of aromatic nitrogens is 1. The molecule has 1 rings (SSSR count). The summed E-state index contributed by atoms with van der Waals surface area (Å²) in [5.74, 6) is 5.60. The first-order valence-electron chi connectivity index (χ1n) is 5.63. The smallest absolute Gasteiger partial charge is 0.0779 e. The maximum absolute atomic E-state index is 5.60. The van der Waals surface area contributed by atoms with E-state index in [9.17, 15) is 0 Å². The molecule has 16 heavy (non-hydrogen) atoms. The van der Waals surface area contributed by atoms with Crippen LogP contribution in [0, 0.1) is 6.92 Å². The molecular weight excluding hydrogens is 202 g/mol. The maximum atomic E-state index is 5.60. The summed E-state index contributed by atoms with van der Waals surface area (Å²) in [6, 6.07) is 2.08. The van der Waals surface area contributed by atoms with Gasteiger partial charge in [-0.15, -0.1) is 0 Å². The van der Waals surface area contributed by atoms with Crippen LogP contribution in [0.2, 0.25) is 0 Å². The van der Waals surface area contributed by atoms with Crippen molar-refractivity contribution in [2.75, 3.05) is 7.11 Å². The third-order valence-corrected chi connectivity index (χ3v) is 2.68. The van der Waals surface area contributed by atoms with Gasteiger partial charge in [-0.2, -0.15) is 0 Å². The van der Waals surface area contributed by atoms with Crippen molar-refractivity contribution >= 4 is 0 Å². The van der Waals surface area contributed by atoms with E-state index in [1.807, 2.05) is 19.3 Å². The minimum absolute atomic E-state index is 0.00245. The number of methoxy groups -OCH3 is 1. The van der Waals surface area contributed by atoms with E-state index in [0.29, 0.717) is 0 Å². The van der Waals surface area contributed by atoms with Gasteiger partial charge in [-0.1, -0.05) is 19.4 Å². The monoisotopic (exact) mass is 223 g/mol. The van der Waals surface area contributed by atoms with E-state index >= 15 is 0 Å². The lowest BCUT2D eigenvalue weighted by Crippen LogP contribution is -2.37. The van der Waals surface area contributed by atoms with Gasteiger partial charge < -0.3 is 4.74 Å². The summed E-state index contributed by atoms with van der Waals surface area (Å²) in [5, 5.41) is 0. The lowest BCUT2D eigenvalue weighted by molar-refractivity contribution is 0.0605. The van der Waals surface area contributed by atoms with Gasteiger partial charge in [0.05, 0.1) is 12.1 Å². The second kappa shape index (κ2) is 6.58. The van der Waals surface area contributed by atoms with Crippen LogP contribution in [-0.2, 0) is 4.74 Å². The second-order valence-electron chi connectivity index (χ2n) is 4.00. The van der Waals surface area contributed by atoms with E-state index in [-0.39, 0.29) is 12.1 Å². The topological polar surface area (TPSA) is 60.2 Å².